The molecule has 2 aliphatic carbocycles. The highest BCUT2D eigenvalue weighted by Gasteiger charge is 2.48. The van der Waals surface area contributed by atoms with E-state index in [1.165, 1.54) is 6.33 Å². The summed E-state index contributed by atoms with van der Waals surface area (Å²) in [5.41, 5.74) is 7.45. The van der Waals surface area contributed by atoms with Gasteiger partial charge in [-0.25, -0.2) is 9.97 Å². The molecule has 0 radical (unpaired) electrons. The monoisotopic (exact) mass is 302 g/mol. The lowest BCUT2D eigenvalue weighted by atomic mass is 9.86. The average molecular weight is 302 g/mol. The van der Waals surface area contributed by atoms with Gasteiger partial charge in [-0.05, 0) is 24.5 Å². The van der Waals surface area contributed by atoms with Gasteiger partial charge in [-0.3, -0.25) is 0 Å². The molecule has 0 saturated heterocycles. The summed E-state index contributed by atoms with van der Waals surface area (Å²) in [4.78, 5) is 8.23. The summed E-state index contributed by atoms with van der Waals surface area (Å²) in [5.74, 6) is 0.168. The topological polar surface area (TPSA) is 117 Å². The maximum absolute atomic E-state index is 10.5. The Hall–Kier alpha value is -1.96. The van der Waals surface area contributed by atoms with Crippen molar-refractivity contribution in [3.05, 3.63) is 30.2 Å². The smallest absolute Gasteiger partial charge is 0.146 e. The second kappa shape index (κ2) is 4.77. The Morgan fingerprint density at radius 2 is 2.00 bits per heavy atom. The zero-order valence-electron chi connectivity index (χ0n) is 11.9. The molecule has 0 aliphatic heterocycles. The van der Waals surface area contributed by atoms with E-state index in [0.717, 1.165) is 11.0 Å². The summed E-state index contributed by atoms with van der Waals surface area (Å²) < 4.78 is 1.84. The Bertz CT molecular complexity index is 756. The molecule has 0 bridgehead atoms. The van der Waals surface area contributed by atoms with Crippen LogP contribution >= 0.6 is 0 Å². The Labute approximate surface area is 126 Å². The van der Waals surface area contributed by atoms with E-state index in [2.05, 4.69) is 9.97 Å². The number of aromatic nitrogens is 3. The van der Waals surface area contributed by atoms with E-state index in [1.807, 2.05) is 22.9 Å². The van der Waals surface area contributed by atoms with Crippen molar-refractivity contribution in [2.24, 2.45) is 5.92 Å². The quantitative estimate of drug-likeness (QED) is 0.550. The third-order valence-corrected chi connectivity index (χ3v) is 4.85. The zero-order chi connectivity index (χ0) is 15.4. The van der Waals surface area contributed by atoms with E-state index in [9.17, 15) is 15.3 Å². The van der Waals surface area contributed by atoms with Crippen LogP contribution in [0.1, 0.15) is 18.9 Å². The minimum Gasteiger partial charge on any atom is -0.393 e. The lowest BCUT2D eigenvalue weighted by Crippen LogP contribution is -2.30. The Morgan fingerprint density at radius 3 is 2.82 bits per heavy atom. The SMILES string of the molecule is Nc1ncnc2c1ccn2[C@@H]1C2=CC[C@H](O)C[C@@H]2[C@@H](O)[C@H]1O. The van der Waals surface area contributed by atoms with Crippen LogP contribution in [0.25, 0.3) is 11.0 Å². The average Bonchev–Trinajstić information content (AvgIpc) is 3.02. The van der Waals surface area contributed by atoms with Crippen molar-refractivity contribution >= 4 is 16.9 Å². The van der Waals surface area contributed by atoms with Gasteiger partial charge in [-0.2, -0.15) is 0 Å². The molecule has 5 N–H and O–H groups in total. The van der Waals surface area contributed by atoms with Crippen LogP contribution in [0, 0.1) is 5.92 Å². The molecule has 0 spiro atoms. The molecule has 116 valence electrons. The number of aliphatic hydroxyl groups is 3. The minimum atomic E-state index is -0.937. The molecule has 1 saturated carbocycles. The van der Waals surface area contributed by atoms with Gasteiger partial charge < -0.3 is 25.6 Å². The standard InChI is InChI=1S/C15H18N4O3/c16-14-9-3-4-19(15(9)18-6-17-14)11-8-2-1-7(20)5-10(8)12(21)13(11)22/h2-4,6-7,10-13,20-22H,1,5H2,(H2,16,17,18)/t7-,10-,11+,12+,13-/m0/s1. The molecular formula is C15H18N4O3. The highest BCUT2D eigenvalue weighted by Crippen LogP contribution is 2.46. The van der Waals surface area contributed by atoms with Crippen molar-refractivity contribution in [3.63, 3.8) is 0 Å². The Morgan fingerprint density at radius 1 is 1.18 bits per heavy atom. The van der Waals surface area contributed by atoms with Crippen LogP contribution in [0.15, 0.2) is 30.2 Å². The van der Waals surface area contributed by atoms with Crippen molar-refractivity contribution in [3.8, 4) is 0 Å². The van der Waals surface area contributed by atoms with Crippen LogP contribution in [-0.2, 0) is 0 Å². The first-order valence-electron chi connectivity index (χ1n) is 7.39. The molecule has 1 fully saturated rings. The number of nitrogen functional groups attached to an aromatic ring is 1. The second-order valence-corrected chi connectivity index (χ2v) is 6.08. The van der Waals surface area contributed by atoms with Crippen molar-refractivity contribution in [2.45, 2.75) is 37.2 Å². The third kappa shape index (κ3) is 1.79. The van der Waals surface area contributed by atoms with Gasteiger partial charge in [-0.15, -0.1) is 0 Å². The molecule has 2 aromatic rings. The van der Waals surface area contributed by atoms with Crippen molar-refractivity contribution in [1.82, 2.24) is 14.5 Å². The fourth-order valence-electron chi connectivity index (χ4n) is 3.79. The van der Waals surface area contributed by atoms with Gasteiger partial charge in [0.2, 0.25) is 0 Å². The molecular weight excluding hydrogens is 284 g/mol. The van der Waals surface area contributed by atoms with Gasteiger partial charge in [-0.1, -0.05) is 6.08 Å². The number of fused-ring (bicyclic) bond motifs is 2. The fourth-order valence-corrected chi connectivity index (χ4v) is 3.79. The van der Waals surface area contributed by atoms with Crippen molar-refractivity contribution in [1.29, 1.82) is 0 Å². The first-order chi connectivity index (χ1) is 10.6. The van der Waals surface area contributed by atoms with E-state index in [-0.39, 0.29) is 12.0 Å². The van der Waals surface area contributed by atoms with Gasteiger partial charge in [0.05, 0.1) is 23.6 Å². The van der Waals surface area contributed by atoms with Crippen LogP contribution < -0.4 is 5.73 Å². The number of aliphatic hydroxyl groups excluding tert-OH is 3. The molecule has 7 heteroatoms. The highest BCUT2D eigenvalue weighted by molar-refractivity contribution is 5.86. The molecule has 7 nitrogen and oxygen atoms in total. The molecule has 5 atom stereocenters. The predicted octanol–water partition coefficient (Wildman–Crippen LogP) is -0.0127. The van der Waals surface area contributed by atoms with Crippen molar-refractivity contribution in [2.75, 3.05) is 5.73 Å². The van der Waals surface area contributed by atoms with E-state index in [1.54, 1.807) is 0 Å². The van der Waals surface area contributed by atoms with Crippen LogP contribution in [0.5, 0.6) is 0 Å². The molecule has 4 rings (SSSR count). The summed E-state index contributed by atoms with van der Waals surface area (Å²) in [6.45, 7) is 0. The van der Waals surface area contributed by atoms with Gasteiger partial charge in [0.1, 0.15) is 23.9 Å². The molecule has 22 heavy (non-hydrogen) atoms. The number of anilines is 1. The van der Waals surface area contributed by atoms with Gasteiger partial charge in [0.25, 0.3) is 0 Å². The first-order valence-corrected chi connectivity index (χ1v) is 7.39. The fraction of sp³-hybridized carbons (Fsp3) is 0.467. The van der Waals surface area contributed by atoms with E-state index < -0.39 is 18.3 Å². The second-order valence-electron chi connectivity index (χ2n) is 6.08. The molecule has 0 unspecified atom stereocenters. The Balaban J connectivity index is 1.85. The summed E-state index contributed by atoms with van der Waals surface area (Å²) >= 11 is 0. The maximum Gasteiger partial charge on any atom is 0.146 e. The van der Waals surface area contributed by atoms with E-state index in [0.29, 0.717) is 24.3 Å². The Kier molecular flexibility index (Phi) is 2.97. The van der Waals surface area contributed by atoms with Crippen molar-refractivity contribution < 1.29 is 15.3 Å². The summed E-state index contributed by atoms with van der Waals surface area (Å²) in [7, 11) is 0. The van der Waals surface area contributed by atoms with Crippen LogP contribution in [0.3, 0.4) is 0 Å². The largest absolute Gasteiger partial charge is 0.393 e. The summed E-state index contributed by atoms with van der Waals surface area (Å²) in [6.07, 6.45) is 3.85. The number of nitrogens with zero attached hydrogens (tertiary/aromatic N) is 3. The van der Waals surface area contributed by atoms with Gasteiger partial charge >= 0.3 is 0 Å². The number of hydrogen-bond donors (Lipinski definition) is 4. The van der Waals surface area contributed by atoms with Gasteiger partial charge in [0.15, 0.2) is 0 Å². The number of nitrogens with two attached hydrogens (primary N) is 1. The molecule has 2 aromatic heterocycles. The lowest BCUT2D eigenvalue weighted by molar-refractivity contribution is -0.00301. The predicted molar refractivity (Wildman–Crippen MR) is 79.8 cm³/mol. The third-order valence-electron chi connectivity index (χ3n) is 4.85. The van der Waals surface area contributed by atoms with Crippen LogP contribution in [0.4, 0.5) is 5.82 Å². The molecule has 0 aromatic carbocycles. The highest BCUT2D eigenvalue weighted by atomic mass is 16.3. The van der Waals surface area contributed by atoms with E-state index in [4.69, 9.17) is 5.73 Å². The number of rotatable bonds is 1. The number of hydrogen-bond acceptors (Lipinski definition) is 6. The minimum absolute atomic E-state index is 0.222. The zero-order valence-corrected chi connectivity index (χ0v) is 11.9. The molecule has 2 heterocycles. The normalized spacial score (nSPS) is 34.7. The maximum atomic E-state index is 10.5. The first kappa shape index (κ1) is 13.7. The van der Waals surface area contributed by atoms with Crippen LogP contribution in [-0.4, -0.2) is 48.2 Å². The van der Waals surface area contributed by atoms with E-state index >= 15 is 0 Å². The molecule has 2 aliphatic rings. The summed E-state index contributed by atoms with van der Waals surface area (Å²) in [5, 5.41) is 31.4. The van der Waals surface area contributed by atoms with Crippen LogP contribution in [0.2, 0.25) is 0 Å². The summed E-state index contributed by atoms with van der Waals surface area (Å²) in [6, 6.07) is 1.43. The lowest BCUT2D eigenvalue weighted by Gasteiger charge is -2.25. The molecule has 0 amide bonds. The van der Waals surface area contributed by atoms with Gasteiger partial charge in [0, 0.05) is 12.1 Å².